The summed E-state index contributed by atoms with van der Waals surface area (Å²) in [6, 6.07) is 0. The van der Waals surface area contributed by atoms with Crippen LogP contribution in [0.2, 0.25) is 0 Å². The summed E-state index contributed by atoms with van der Waals surface area (Å²) in [5.74, 6) is 0.515. The summed E-state index contributed by atoms with van der Waals surface area (Å²) in [7, 11) is 1.92. The number of nitrogen functional groups attached to an aromatic ring is 1. The lowest BCUT2D eigenvalue weighted by molar-refractivity contribution is 0.666. The van der Waals surface area contributed by atoms with E-state index in [2.05, 4.69) is 26.0 Å². The number of anilines is 1. The van der Waals surface area contributed by atoms with E-state index in [1.165, 1.54) is 0 Å². The highest BCUT2D eigenvalue weighted by atomic mass is 79.9. The topological polar surface area (TPSA) is 61.7 Å². The van der Waals surface area contributed by atoms with Gasteiger partial charge in [-0.15, -0.1) is 0 Å². The zero-order valence-corrected chi connectivity index (χ0v) is 10.2. The summed E-state index contributed by atoms with van der Waals surface area (Å²) >= 11 is 3.51. The molecule has 2 aromatic rings. The van der Waals surface area contributed by atoms with E-state index in [-0.39, 0.29) is 0 Å². The first-order valence-electron chi connectivity index (χ1n) is 4.54. The van der Waals surface area contributed by atoms with Crippen molar-refractivity contribution in [3.8, 4) is 0 Å². The molecule has 0 unspecified atom stereocenters. The molecule has 0 atom stereocenters. The minimum absolute atomic E-state index is 0.515. The van der Waals surface area contributed by atoms with Crippen molar-refractivity contribution in [3.63, 3.8) is 0 Å². The van der Waals surface area contributed by atoms with Crippen LogP contribution in [0.25, 0.3) is 0 Å². The molecule has 2 heterocycles. The average molecular weight is 270 g/mol. The molecule has 0 aliphatic rings. The largest absolute Gasteiger partial charge is 0.369 e. The monoisotopic (exact) mass is 269 g/mol. The van der Waals surface area contributed by atoms with Gasteiger partial charge in [-0.3, -0.25) is 4.68 Å². The van der Waals surface area contributed by atoms with Gasteiger partial charge in [0.15, 0.2) is 5.95 Å². The van der Waals surface area contributed by atoms with E-state index < -0.39 is 0 Å². The Morgan fingerprint density at radius 2 is 2.27 bits per heavy atom. The SMILES string of the molecule is Cc1nn(C)c(Cn2ccnc2N)c1Br. The Hall–Kier alpha value is -1.30. The highest BCUT2D eigenvalue weighted by molar-refractivity contribution is 9.10. The Kier molecular flexibility index (Phi) is 2.52. The smallest absolute Gasteiger partial charge is 0.200 e. The third-order valence-corrected chi connectivity index (χ3v) is 3.36. The Morgan fingerprint density at radius 1 is 1.53 bits per heavy atom. The summed E-state index contributed by atoms with van der Waals surface area (Å²) in [5.41, 5.74) is 7.76. The molecule has 0 amide bonds. The van der Waals surface area contributed by atoms with Gasteiger partial charge in [0.1, 0.15) is 0 Å². The molecular weight excluding hydrogens is 258 g/mol. The summed E-state index contributed by atoms with van der Waals surface area (Å²) in [5, 5.41) is 4.32. The first kappa shape index (κ1) is 10.2. The van der Waals surface area contributed by atoms with Gasteiger partial charge in [-0.1, -0.05) is 0 Å². The molecule has 0 saturated heterocycles. The van der Waals surface area contributed by atoms with Crippen LogP contribution >= 0.6 is 15.9 Å². The lowest BCUT2D eigenvalue weighted by atomic mass is 10.3. The molecule has 0 saturated carbocycles. The second-order valence-electron chi connectivity index (χ2n) is 3.38. The van der Waals surface area contributed by atoms with Crippen molar-refractivity contribution >= 4 is 21.9 Å². The van der Waals surface area contributed by atoms with E-state index in [0.717, 1.165) is 15.9 Å². The Bertz CT molecular complexity index is 485. The van der Waals surface area contributed by atoms with Crippen molar-refractivity contribution < 1.29 is 0 Å². The number of hydrogen-bond acceptors (Lipinski definition) is 3. The normalized spacial score (nSPS) is 10.9. The second-order valence-corrected chi connectivity index (χ2v) is 4.18. The Balaban J connectivity index is 2.36. The highest BCUT2D eigenvalue weighted by Gasteiger charge is 2.11. The predicted molar refractivity (Wildman–Crippen MR) is 61.4 cm³/mol. The van der Waals surface area contributed by atoms with Gasteiger partial charge in [0.05, 0.1) is 22.4 Å². The second kappa shape index (κ2) is 3.69. The number of halogens is 1. The number of aromatic nitrogens is 4. The van der Waals surface area contributed by atoms with Crippen molar-refractivity contribution in [1.29, 1.82) is 0 Å². The van der Waals surface area contributed by atoms with Gasteiger partial charge in [0, 0.05) is 19.4 Å². The number of nitrogens with two attached hydrogens (primary N) is 1. The van der Waals surface area contributed by atoms with Gasteiger partial charge in [-0.25, -0.2) is 4.98 Å². The molecule has 0 spiro atoms. The number of rotatable bonds is 2. The van der Waals surface area contributed by atoms with E-state index in [9.17, 15) is 0 Å². The van der Waals surface area contributed by atoms with Gasteiger partial charge in [-0.05, 0) is 22.9 Å². The summed E-state index contributed by atoms with van der Waals surface area (Å²) in [6.45, 7) is 2.63. The summed E-state index contributed by atoms with van der Waals surface area (Å²) < 4.78 is 4.75. The standard InChI is InChI=1S/C9H12BrN5/c1-6-8(10)7(14(2)13-6)5-15-4-3-12-9(15)11/h3-4H,5H2,1-2H3,(H2,11,12). The fourth-order valence-corrected chi connectivity index (χ4v) is 1.95. The van der Waals surface area contributed by atoms with Gasteiger partial charge in [-0.2, -0.15) is 5.10 Å². The lowest BCUT2D eigenvalue weighted by Gasteiger charge is -2.05. The van der Waals surface area contributed by atoms with Gasteiger partial charge in [0.2, 0.25) is 0 Å². The van der Waals surface area contributed by atoms with E-state index in [1.807, 2.05) is 29.4 Å². The molecule has 0 aliphatic carbocycles. The van der Waals surface area contributed by atoms with Crippen molar-refractivity contribution in [1.82, 2.24) is 19.3 Å². The van der Waals surface area contributed by atoms with Crippen LogP contribution in [0.4, 0.5) is 5.95 Å². The molecule has 15 heavy (non-hydrogen) atoms. The zero-order chi connectivity index (χ0) is 11.0. The third-order valence-electron chi connectivity index (χ3n) is 2.33. The zero-order valence-electron chi connectivity index (χ0n) is 8.61. The van der Waals surface area contributed by atoms with Crippen LogP contribution in [-0.2, 0) is 13.6 Å². The molecule has 0 aromatic carbocycles. The lowest BCUT2D eigenvalue weighted by Crippen LogP contribution is -2.08. The van der Waals surface area contributed by atoms with E-state index in [1.54, 1.807) is 6.20 Å². The van der Waals surface area contributed by atoms with E-state index in [4.69, 9.17) is 5.73 Å². The maximum absolute atomic E-state index is 5.70. The number of imidazole rings is 1. The van der Waals surface area contributed by atoms with Crippen molar-refractivity contribution in [2.24, 2.45) is 7.05 Å². The van der Waals surface area contributed by atoms with Gasteiger partial charge >= 0.3 is 0 Å². The predicted octanol–water partition coefficient (Wildman–Crippen LogP) is 1.32. The van der Waals surface area contributed by atoms with E-state index in [0.29, 0.717) is 12.5 Å². The molecule has 80 valence electrons. The maximum Gasteiger partial charge on any atom is 0.200 e. The highest BCUT2D eigenvalue weighted by Crippen LogP contribution is 2.21. The maximum atomic E-state index is 5.70. The Labute approximate surface area is 96.0 Å². The molecule has 2 aromatic heterocycles. The van der Waals surface area contributed by atoms with Crippen LogP contribution in [0, 0.1) is 6.92 Å². The summed E-state index contributed by atoms with van der Waals surface area (Å²) in [6.07, 6.45) is 3.54. The van der Waals surface area contributed by atoms with E-state index >= 15 is 0 Å². The molecule has 6 heteroatoms. The van der Waals surface area contributed by atoms with Crippen molar-refractivity contribution in [2.45, 2.75) is 13.5 Å². The molecule has 0 radical (unpaired) electrons. The van der Waals surface area contributed by atoms with Crippen molar-refractivity contribution in [2.75, 3.05) is 5.73 Å². The van der Waals surface area contributed by atoms with Crippen LogP contribution in [0.15, 0.2) is 16.9 Å². The minimum atomic E-state index is 0.515. The molecule has 0 fully saturated rings. The average Bonchev–Trinajstić information content (AvgIpc) is 2.67. The fraction of sp³-hybridized carbons (Fsp3) is 0.333. The molecule has 2 rings (SSSR count). The summed E-state index contributed by atoms with van der Waals surface area (Å²) in [4.78, 5) is 3.97. The van der Waals surface area contributed by atoms with Crippen LogP contribution < -0.4 is 5.73 Å². The molecular formula is C9H12BrN5. The van der Waals surface area contributed by atoms with Gasteiger partial charge in [0.25, 0.3) is 0 Å². The molecule has 5 nitrogen and oxygen atoms in total. The first-order chi connectivity index (χ1) is 7.09. The van der Waals surface area contributed by atoms with Crippen LogP contribution in [-0.4, -0.2) is 19.3 Å². The number of aryl methyl sites for hydroxylation is 2. The van der Waals surface area contributed by atoms with Crippen LogP contribution in [0.3, 0.4) is 0 Å². The molecule has 0 bridgehead atoms. The number of hydrogen-bond donors (Lipinski definition) is 1. The molecule has 2 N–H and O–H groups in total. The minimum Gasteiger partial charge on any atom is -0.369 e. The van der Waals surface area contributed by atoms with Gasteiger partial charge < -0.3 is 10.3 Å². The number of nitrogens with zero attached hydrogens (tertiary/aromatic N) is 4. The van der Waals surface area contributed by atoms with Crippen LogP contribution in [0.5, 0.6) is 0 Å². The van der Waals surface area contributed by atoms with Crippen molar-refractivity contribution in [3.05, 3.63) is 28.3 Å². The quantitative estimate of drug-likeness (QED) is 0.895. The first-order valence-corrected chi connectivity index (χ1v) is 5.33. The third kappa shape index (κ3) is 1.77. The molecule has 0 aliphatic heterocycles. The fourth-order valence-electron chi connectivity index (χ4n) is 1.49. The Morgan fingerprint density at radius 3 is 2.73 bits per heavy atom. The van der Waals surface area contributed by atoms with Crippen LogP contribution in [0.1, 0.15) is 11.4 Å².